The lowest BCUT2D eigenvalue weighted by atomic mass is 10.2. The summed E-state index contributed by atoms with van der Waals surface area (Å²) in [4.78, 5) is 0. The van der Waals surface area contributed by atoms with E-state index in [1.807, 2.05) is 60.7 Å². The lowest BCUT2D eigenvalue weighted by Gasteiger charge is -1.88. The van der Waals surface area contributed by atoms with Crippen LogP contribution in [-0.2, 0) is 0 Å². The van der Waals surface area contributed by atoms with Gasteiger partial charge in [-0.3, -0.25) is 0 Å². The van der Waals surface area contributed by atoms with Gasteiger partial charge in [0.2, 0.25) is 0 Å². The highest BCUT2D eigenvalue weighted by Crippen LogP contribution is 1.98. The number of benzene rings is 2. The summed E-state index contributed by atoms with van der Waals surface area (Å²) < 4.78 is 0. The summed E-state index contributed by atoms with van der Waals surface area (Å²) in [6, 6.07) is 20.0. The van der Waals surface area contributed by atoms with Crippen LogP contribution >= 0.6 is 0 Å². The van der Waals surface area contributed by atoms with Crippen molar-refractivity contribution < 1.29 is 0 Å². The van der Waals surface area contributed by atoms with Gasteiger partial charge in [-0.25, -0.2) is 0 Å². The molecule has 2 aromatic carbocycles. The molecule has 0 atom stereocenters. The summed E-state index contributed by atoms with van der Waals surface area (Å²) in [5.74, 6) is 6.22. The van der Waals surface area contributed by atoms with Crippen LogP contribution in [0.2, 0.25) is 0 Å². The van der Waals surface area contributed by atoms with Gasteiger partial charge in [-0.15, -0.1) is 0 Å². The van der Waals surface area contributed by atoms with Crippen molar-refractivity contribution in [1.82, 2.24) is 6.15 Å². The fraction of sp³-hybridized carbons (Fsp3) is 0. The van der Waals surface area contributed by atoms with Gasteiger partial charge in [-0.1, -0.05) is 48.2 Å². The van der Waals surface area contributed by atoms with Crippen molar-refractivity contribution in [3.8, 4) is 11.8 Å². The molecule has 0 radical (unpaired) electrons. The molecule has 0 unspecified atom stereocenters. The van der Waals surface area contributed by atoms with E-state index in [4.69, 9.17) is 0 Å². The third-order valence-corrected chi connectivity index (χ3v) is 1.90. The topological polar surface area (TPSA) is 35.0 Å². The lowest BCUT2D eigenvalue weighted by Crippen LogP contribution is -1.73. The van der Waals surface area contributed by atoms with Crippen molar-refractivity contribution in [3.63, 3.8) is 0 Å². The molecule has 15 heavy (non-hydrogen) atoms. The van der Waals surface area contributed by atoms with Gasteiger partial charge in [0.1, 0.15) is 0 Å². The summed E-state index contributed by atoms with van der Waals surface area (Å²) in [6.45, 7) is 0. The normalized spacial score (nSPS) is 8.27. The van der Waals surface area contributed by atoms with Crippen LogP contribution < -0.4 is 6.15 Å². The highest BCUT2D eigenvalue weighted by Gasteiger charge is 1.83. The van der Waals surface area contributed by atoms with Gasteiger partial charge in [-0.05, 0) is 24.3 Å². The van der Waals surface area contributed by atoms with Crippen LogP contribution in [-0.4, -0.2) is 0 Å². The minimum absolute atomic E-state index is 0. The summed E-state index contributed by atoms with van der Waals surface area (Å²) in [5.41, 5.74) is 2.10. The van der Waals surface area contributed by atoms with Crippen molar-refractivity contribution in [3.05, 3.63) is 71.8 Å². The van der Waals surface area contributed by atoms with E-state index in [0.29, 0.717) is 0 Å². The van der Waals surface area contributed by atoms with Crippen molar-refractivity contribution in [2.24, 2.45) is 0 Å². The molecule has 3 N–H and O–H groups in total. The zero-order chi connectivity index (χ0) is 9.64. The lowest BCUT2D eigenvalue weighted by molar-refractivity contribution is 1.62. The Balaban J connectivity index is 0.00000112. The van der Waals surface area contributed by atoms with Gasteiger partial charge in [-0.2, -0.15) is 0 Å². The molecule has 0 bridgehead atoms. The Bertz CT molecular complexity index is 405. The Hall–Kier alpha value is -2.04. The van der Waals surface area contributed by atoms with Crippen LogP contribution in [0.1, 0.15) is 11.1 Å². The Labute approximate surface area is 90.4 Å². The largest absolute Gasteiger partial charge is 0.344 e. The average molecular weight is 195 g/mol. The molecule has 74 valence electrons. The van der Waals surface area contributed by atoms with Crippen LogP contribution in [0.25, 0.3) is 0 Å². The molecule has 0 aromatic heterocycles. The molecule has 2 rings (SSSR count). The van der Waals surface area contributed by atoms with E-state index in [1.54, 1.807) is 0 Å². The van der Waals surface area contributed by atoms with Crippen LogP contribution in [0.15, 0.2) is 60.7 Å². The number of hydrogen-bond donors (Lipinski definition) is 1. The first-order chi connectivity index (χ1) is 6.95. The second-order valence-corrected chi connectivity index (χ2v) is 2.98. The van der Waals surface area contributed by atoms with Gasteiger partial charge >= 0.3 is 0 Å². The van der Waals surface area contributed by atoms with E-state index in [0.717, 1.165) is 11.1 Å². The zero-order valence-electron chi connectivity index (χ0n) is 8.48. The van der Waals surface area contributed by atoms with Gasteiger partial charge < -0.3 is 6.15 Å². The maximum atomic E-state index is 3.11. The molecule has 0 spiro atoms. The standard InChI is InChI=1S/C14H10.H3N/c1-3-7-13(8-4-1)11-12-14-9-5-2-6-10-14;/h1-10H;1H3. The fourth-order valence-electron chi connectivity index (χ4n) is 1.19. The predicted octanol–water partition coefficient (Wildman–Crippen LogP) is 3.25. The van der Waals surface area contributed by atoms with Gasteiger partial charge in [0.25, 0.3) is 0 Å². The smallest absolute Gasteiger partial charge is 0.0249 e. The SMILES string of the molecule is C(#Cc1ccccc1)c1ccccc1.N. The molecule has 0 amide bonds. The molecule has 1 nitrogen and oxygen atoms in total. The summed E-state index contributed by atoms with van der Waals surface area (Å²) in [7, 11) is 0. The van der Waals surface area contributed by atoms with Gasteiger partial charge in [0, 0.05) is 11.1 Å². The average Bonchev–Trinajstić information content (AvgIpc) is 2.29. The molecule has 0 aliphatic carbocycles. The Morgan fingerprint density at radius 1 is 0.533 bits per heavy atom. The summed E-state index contributed by atoms with van der Waals surface area (Å²) >= 11 is 0. The molecule has 0 aliphatic rings. The van der Waals surface area contributed by atoms with E-state index >= 15 is 0 Å². The minimum Gasteiger partial charge on any atom is -0.344 e. The summed E-state index contributed by atoms with van der Waals surface area (Å²) in [6.07, 6.45) is 0. The maximum Gasteiger partial charge on any atom is 0.0249 e. The first-order valence-electron chi connectivity index (χ1n) is 4.57. The molecule has 0 saturated carbocycles. The van der Waals surface area contributed by atoms with Crippen molar-refractivity contribution in [2.75, 3.05) is 0 Å². The van der Waals surface area contributed by atoms with Gasteiger partial charge in [0.05, 0.1) is 0 Å². The second-order valence-electron chi connectivity index (χ2n) is 2.98. The highest BCUT2D eigenvalue weighted by molar-refractivity contribution is 5.42. The van der Waals surface area contributed by atoms with Crippen molar-refractivity contribution in [2.45, 2.75) is 0 Å². The molecular formula is C14H13N. The van der Waals surface area contributed by atoms with Crippen LogP contribution in [0.5, 0.6) is 0 Å². The fourth-order valence-corrected chi connectivity index (χ4v) is 1.19. The van der Waals surface area contributed by atoms with E-state index < -0.39 is 0 Å². The monoisotopic (exact) mass is 195 g/mol. The van der Waals surface area contributed by atoms with E-state index in [1.165, 1.54) is 0 Å². The first kappa shape index (κ1) is 11.0. The molecular weight excluding hydrogens is 182 g/mol. The molecule has 0 heterocycles. The molecule has 2 aromatic rings. The van der Waals surface area contributed by atoms with E-state index in [2.05, 4.69) is 11.8 Å². The van der Waals surface area contributed by atoms with Crippen LogP contribution in [0.3, 0.4) is 0 Å². The molecule has 0 saturated heterocycles. The van der Waals surface area contributed by atoms with E-state index in [-0.39, 0.29) is 6.15 Å². The van der Waals surface area contributed by atoms with Crippen molar-refractivity contribution >= 4 is 0 Å². The second kappa shape index (κ2) is 5.64. The third-order valence-electron chi connectivity index (χ3n) is 1.90. The quantitative estimate of drug-likeness (QED) is 0.643. The highest BCUT2D eigenvalue weighted by atomic mass is 14.0. The first-order valence-corrected chi connectivity index (χ1v) is 4.57. The third kappa shape index (κ3) is 3.30. The van der Waals surface area contributed by atoms with Crippen molar-refractivity contribution in [1.29, 1.82) is 0 Å². The minimum atomic E-state index is 0. The maximum absolute atomic E-state index is 3.11. The van der Waals surface area contributed by atoms with E-state index in [9.17, 15) is 0 Å². The Kier molecular flexibility index (Phi) is 4.15. The number of hydrogen-bond acceptors (Lipinski definition) is 1. The zero-order valence-corrected chi connectivity index (χ0v) is 8.48. The molecule has 1 heteroatoms. The van der Waals surface area contributed by atoms with Gasteiger partial charge in [0.15, 0.2) is 0 Å². The Morgan fingerprint density at radius 2 is 0.867 bits per heavy atom. The number of rotatable bonds is 0. The van der Waals surface area contributed by atoms with Crippen LogP contribution in [0, 0.1) is 11.8 Å². The predicted molar refractivity (Wildman–Crippen MR) is 63.9 cm³/mol. The Morgan fingerprint density at radius 3 is 1.20 bits per heavy atom. The molecule has 0 aliphatic heterocycles. The molecule has 0 fully saturated rings. The van der Waals surface area contributed by atoms with Crippen LogP contribution in [0.4, 0.5) is 0 Å². The summed E-state index contributed by atoms with van der Waals surface area (Å²) in [5, 5.41) is 0.